The standard InChI is InChI=1S/C11H22N2O2/c1-8-5-13(6-9(2)15-8)10(14)11(3,4)7-12/h8-9H,5-7,12H2,1-4H3. The number of ether oxygens (including phenoxy) is 1. The van der Waals surface area contributed by atoms with E-state index in [1.165, 1.54) is 0 Å². The van der Waals surface area contributed by atoms with E-state index in [1.54, 1.807) is 0 Å². The van der Waals surface area contributed by atoms with Gasteiger partial charge < -0.3 is 15.4 Å². The first-order valence-electron chi connectivity index (χ1n) is 5.51. The summed E-state index contributed by atoms with van der Waals surface area (Å²) >= 11 is 0. The van der Waals surface area contributed by atoms with Gasteiger partial charge >= 0.3 is 0 Å². The fourth-order valence-corrected chi connectivity index (χ4v) is 1.86. The van der Waals surface area contributed by atoms with Gasteiger partial charge in [-0.1, -0.05) is 0 Å². The molecule has 0 radical (unpaired) electrons. The van der Waals surface area contributed by atoms with Crippen molar-refractivity contribution in [2.45, 2.75) is 39.9 Å². The number of hydrogen-bond acceptors (Lipinski definition) is 3. The molecule has 0 aromatic heterocycles. The minimum Gasteiger partial charge on any atom is -0.372 e. The fourth-order valence-electron chi connectivity index (χ4n) is 1.86. The average molecular weight is 214 g/mol. The Kier molecular flexibility index (Phi) is 3.73. The molecule has 1 aliphatic heterocycles. The molecule has 2 atom stereocenters. The van der Waals surface area contributed by atoms with Gasteiger partial charge in [-0.3, -0.25) is 4.79 Å². The number of nitrogens with zero attached hydrogens (tertiary/aromatic N) is 1. The SMILES string of the molecule is CC1CN(C(=O)C(C)(C)CN)CC(C)O1. The van der Waals surface area contributed by atoms with Crippen LogP contribution >= 0.6 is 0 Å². The van der Waals surface area contributed by atoms with E-state index in [1.807, 2.05) is 32.6 Å². The van der Waals surface area contributed by atoms with Gasteiger partial charge in [0.15, 0.2) is 0 Å². The van der Waals surface area contributed by atoms with Gasteiger partial charge in [0.1, 0.15) is 0 Å². The summed E-state index contributed by atoms with van der Waals surface area (Å²) in [6, 6.07) is 0. The van der Waals surface area contributed by atoms with Gasteiger partial charge in [-0.2, -0.15) is 0 Å². The van der Waals surface area contributed by atoms with Crippen LogP contribution in [0.5, 0.6) is 0 Å². The summed E-state index contributed by atoms with van der Waals surface area (Å²) in [5, 5.41) is 0. The zero-order valence-electron chi connectivity index (χ0n) is 10.1. The van der Waals surface area contributed by atoms with Crippen LogP contribution in [0.2, 0.25) is 0 Å². The van der Waals surface area contributed by atoms with E-state index in [2.05, 4.69) is 0 Å². The number of hydrogen-bond donors (Lipinski definition) is 1. The zero-order valence-corrected chi connectivity index (χ0v) is 10.1. The first-order valence-corrected chi connectivity index (χ1v) is 5.51. The molecule has 0 aromatic rings. The molecule has 15 heavy (non-hydrogen) atoms. The third-order valence-corrected chi connectivity index (χ3v) is 2.80. The largest absolute Gasteiger partial charge is 0.372 e. The lowest BCUT2D eigenvalue weighted by molar-refractivity contribution is -0.151. The van der Waals surface area contributed by atoms with Gasteiger partial charge in [-0.25, -0.2) is 0 Å². The Labute approximate surface area is 91.8 Å². The van der Waals surface area contributed by atoms with Gasteiger partial charge in [0, 0.05) is 19.6 Å². The van der Waals surface area contributed by atoms with E-state index in [9.17, 15) is 4.79 Å². The van der Waals surface area contributed by atoms with Crippen molar-refractivity contribution in [3.8, 4) is 0 Å². The minimum atomic E-state index is -0.462. The third kappa shape index (κ3) is 2.92. The second-order valence-electron chi connectivity index (χ2n) is 5.06. The van der Waals surface area contributed by atoms with E-state index in [4.69, 9.17) is 10.5 Å². The fraction of sp³-hybridized carbons (Fsp3) is 0.909. The predicted octanol–water partition coefficient (Wildman–Crippen LogP) is 0.607. The number of amides is 1. The lowest BCUT2D eigenvalue weighted by Crippen LogP contribution is -2.53. The lowest BCUT2D eigenvalue weighted by Gasteiger charge is -2.39. The second-order valence-corrected chi connectivity index (χ2v) is 5.06. The maximum Gasteiger partial charge on any atom is 0.229 e. The Morgan fingerprint density at radius 2 is 1.87 bits per heavy atom. The third-order valence-electron chi connectivity index (χ3n) is 2.80. The Hall–Kier alpha value is -0.610. The molecule has 88 valence electrons. The quantitative estimate of drug-likeness (QED) is 0.732. The van der Waals surface area contributed by atoms with Crippen LogP contribution in [0.15, 0.2) is 0 Å². The first-order chi connectivity index (χ1) is 6.86. The van der Waals surface area contributed by atoms with Crippen molar-refractivity contribution in [2.75, 3.05) is 19.6 Å². The molecule has 0 aliphatic carbocycles. The average Bonchev–Trinajstić information content (AvgIpc) is 2.15. The summed E-state index contributed by atoms with van der Waals surface area (Å²) in [7, 11) is 0. The van der Waals surface area contributed by atoms with Crippen molar-refractivity contribution in [3.05, 3.63) is 0 Å². The molecule has 0 aromatic carbocycles. The van der Waals surface area contributed by atoms with Crippen LogP contribution in [-0.4, -0.2) is 42.6 Å². The van der Waals surface area contributed by atoms with E-state index in [-0.39, 0.29) is 18.1 Å². The van der Waals surface area contributed by atoms with Gasteiger partial charge in [-0.05, 0) is 27.7 Å². The highest BCUT2D eigenvalue weighted by molar-refractivity contribution is 5.82. The molecule has 0 bridgehead atoms. The van der Waals surface area contributed by atoms with E-state index >= 15 is 0 Å². The highest BCUT2D eigenvalue weighted by Crippen LogP contribution is 2.20. The molecular weight excluding hydrogens is 192 g/mol. The zero-order chi connectivity index (χ0) is 11.6. The molecule has 0 spiro atoms. The van der Waals surface area contributed by atoms with Gasteiger partial charge in [0.2, 0.25) is 5.91 Å². The number of carbonyl (C=O) groups excluding carboxylic acids is 1. The Morgan fingerprint density at radius 1 is 1.40 bits per heavy atom. The van der Waals surface area contributed by atoms with Gasteiger partial charge in [0.05, 0.1) is 17.6 Å². The van der Waals surface area contributed by atoms with Crippen LogP contribution in [0, 0.1) is 5.41 Å². The van der Waals surface area contributed by atoms with Crippen molar-refractivity contribution < 1.29 is 9.53 Å². The first kappa shape index (κ1) is 12.5. The molecular formula is C11H22N2O2. The van der Waals surface area contributed by atoms with Crippen molar-refractivity contribution in [1.82, 2.24) is 4.90 Å². The Balaban J connectivity index is 2.67. The maximum atomic E-state index is 12.1. The highest BCUT2D eigenvalue weighted by atomic mass is 16.5. The Bertz CT molecular complexity index is 231. The van der Waals surface area contributed by atoms with Gasteiger partial charge in [-0.15, -0.1) is 0 Å². The van der Waals surface area contributed by atoms with Crippen LogP contribution in [0.25, 0.3) is 0 Å². The summed E-state index contributed by atoms with van der Waals surface area (Å²) in [5.74, 6) is 0.131. The van der Waals surface area contributed by atoms with E-state index in [0.29, 0.717) is 19.6 Å². The van der Waals surface area contributed by atoms with Crippen molar-refractivity contribution in [2.24, 2.45) is 11.1 Å². The molecule has 4 heteroatoms. The molecule has 1 fully saturated rings. The van der Waals surface area contributed by atoms with Crippen LogP contribution in [0.4, 0.5) is 0 Å². The monoisotopic (exact) mass is 214 g/mol. The number of morpholine rings is 1. The topological polar surface area (TPSA) is 55.6 Å². The van der Waals surface area contributed by atoms with Gasteiger partial charge in [0.25, 0.3) is 0 Å². The molecule has 1 rings (SSSR count). The molecule has 1 aliphatic rings. The Morgan fingerprint density at radius 3 is 2.27 bits per heavy atom. The van der Waals surface area contributed by atoms with E-state index < -0.39 is 5.41 Å². The molecule has 0 saturated carbocycles. The molecule has 4 nitrogen and oxygen atoms in total. The summed E-state index contributed by atoms with van der Waals surface area (Å²) in [5.41, 5.74) is 5.14. The summed E-state index contributed by atoms with van der Waals surface area (Å²) in [6.45, 7) is 9.49. The van der Waals surface area contributed by atoms with E-state index in [0.717, 1.165) is 0 Å². The smallest absolute Gasteiger partial charge is 0.229 e. The molecule has 1 saturated heterocycles. The molecule has 2 N–H and O–H groups in total. The van der Waals surface area contributed by atoms with Crippen molar-refractivity contribution in [3.63, 3.8) is 0 Å². The summed E-state index contributed by atoms with van der Waals surface area (Å²) in [6.07, 6.45) is 0.234. The number of carbonyl (C=O) groups is 1. The normalized spacial score (nSPS) is 27.9. The summed E-state index contributed by atoms with van der Waals surface area (Å²) < 4.78 is 5.59. The number of rotatable bonds is 2. The van der Waals surface area contributed by atoms with Crippen LogP contribution in [-0.2, 0) is 9.53 Å². The maximum absolute atomic E-state index is 12.1. The van der Waals surface area contributed by atoms with Crippen LogP contribution in [0.3, 0.4) is 0 Å². The molecule has 2 unspecified atom stereocenters. The van der Waals surface area contributed by atoms with Crippen LogP contribution < -0.4 is 5.73 Å². The molecule has 1 heterocycles. The predicted molar refractivity (Wildman–Crippen MR) is 59.4 cm³/mol. The molecule has 1 amide bonds. The van der Waals surface area contributed by atoms with Crippen molar-refractivity contribution in [1.29, 1.82) is 0 Å². The second kappa shape index (κ2) is 4.49. The lowest BCUT2D eigenvalue weighted by atomic mass is 9.91. The summed E-state index contributed by atoms with van der Waals surface area (Å²) in [4.78, 5) is 14.0. The van der Waals surface area contributed by atoms with Crippen molar-refractivity contribution >= 4 is 5.91 Å². The highest BCUT2D eigenvalue weighted by Gasteiger charge is 2.34. The number of nitrogens with two attached hydrogens (primary N) is 1. The van der Waals surface area contributed by atoms with Crippen LogP contribution in [0.1, 0.15) is 27.7 Å². The minimum absolute atomic E-state index is 0.117.